The third-order valence-electron chi connectivity index (χ3n) is 0.972. The lowest BCUT2D eigenvalue weighted by Gasteiger charge is -2.17. The van der Waals surface area contributed by atoms with Gasteiger partial charge in [0.05, 0.1) is 13.7 Å². The highest BCUT2D eigenvalue weighted by molar-refractivity contribution is 4.40. The molecular weight excluding hydrogens is 120 g/mol. The van der Waals surface area contributed by atoms with Crippen molar-refractivity contribution in [1.29, 1.82) is 0 Å². The minimum absolute atomic E-state index is 0.143. The summed E-state index contributed by atoms with van der Waals surface area (Å²) in [5, 5.41) is 10.2. The summed E-state index contributed by atoms with van der Waals surface area (Å²) in [5.74, 6) is 0. The molecule has 0 fully saturated rings. The summed E-state index contributed by atoms with van der Waals surface area (Å²) >= 11 is 0. The number of nitrogens with zero attached hydrogens (tertiary/aromatic N) is 1. The largest absolute Gasteiger partial charge is 0.395 e. The first-order valence-electron chi connectivity index (χ1n) is 2.99. The molecule has 4 nitrogen and oxygen atoms in total. The normalized spacial score (nSPS) is 10.7. The van der Waals surface area contributed by atoms with E-state index in [0.29, 0.717) is 6.54 Å². The maximum atomic E-state index is 8.46. The number of likely N-dealkylation sites (N-methyl/N-ethyl adjacent to an activating group) is 1. The highest BCUT2D eigenvalue weighted by Crippen LogP contribution is 1.77. The van der Waals surface area contributed by atoms with Gasteiger partial charge in [-0.25, -0.2) is 5.01 Å². The minimum Gasteiger partial charge on any atom is -0.395 e. The Kier molecular flexibility index (Phi) is 5.86. The Balaban J connectivity index is 3.18. The summed E-state index contributed by atoms with van der Waals surface area (Å²) < 4.78 is 0. The second-order valence-electron chi connectivity index (χ2n) is 1.60. The Morgan fingerprint density at radius 3 is 2.67 bits per heavy atom. The van der Waals surface area contributed by atoms with Crippen LogP contribution in [0.25, 0.3) is 0 Å². The highest BCUT2D eigenvalue weighted by atomic mass is 16.7. The van der Waals surface area contributed by atoms with E-state index < -0.39 is 0 Å². The lowest BCUT2D eigenvalue weighted by molar-refractivity contribution is -0.0590. The van der Waals surface area contributed by atoms with Crippen molar-refractivity contribution in [2.45, 2.75) is 6.92 Å². The van der Waals surface area contributed by atoms with Crippen LogP contribution in [-0.2, 0) is 4.84 Å². The van der Waals surface area contributed by atoms with E-state index in [0.717, 1.165) is 6.54 Å². The van der Waals surface area contributed by atoms with Crippen molar-refractivity contribution >= 4 is 0 Å². The summed E-state index contributed by atoms with van der Waals surface area (Å²) in [4.78, 5) is 4.61. The first-order valence-corrected chi connectivity index (χ1v) is 2.99. The maximum absolute atomic E-state index is 8.46. The lowest BCUT2D eigenvalue weighted by atomic mass is 10.6. The number of aliphatic hydroxyl groups excluding tert-OH is 1. The Morgan fingerprint density at radius 2 is 2.33 bits per heavy atom. The van der Waals surface area contributed by atoms with E-state index >= 15 is 0 Å². The third kappa shape index (κ3) is 4.35. The zero-order valence-electron chi connectivity index (χ0n) is 5.92. The van der Waals surface area contributed by atoms with Crippen LogP contribution < -0.4 is 5.59 Å². The van der Waals surface area contributed by atoms with Crippen molar-refractivity contribution in [2.75, 3.05) is 26.8 Å². The van der Waals surface area contributed by atoms with E-state index in [1.165, 1.54) is 0 Å². The molecule has 0 rings (SSSR count). The molecule has 0 aliphatic heterocycles. The van der Waals surface area contributed by atoms with E-state index in [9.17, 15) is 0 Å². The fourth-order valence-corrected chi connectivity index (χ4v) is 0.518. The molecule has 0 aromatic carbocycles. The van der Waals surface area contributed by atoms with Gasteiger partial charge in [0.25, 0.3) is 0 Å². The van der Waals surface area contributed by atoms with Gasteiger partial charge in [0.1, 0.15) is 0 Å². The quantitative estimate of drug-likeness (QED) is 0.491. The van der Waals surface area contributed by atoms with Gasteiger partial charge in [0, 0.05) is 13.1 Å². The van der Waals surface area contributed by atoms with Crippen molar-refractivity contribution < 1.29 is 9.94 Å². The van der Waals surface area contributed by atoms with Crippen LogP contribution in [0.5, 0.6) is 0 Å². The number of hydrogen-bond acceptors (Lipinski definition) is 4. The molecule has 0 aromatic heterocycles. The van der Waals surface area contributed by atoms with Gasteiger partial charge in [-0.3, -0.25) is 4.84 Å². The number of hydrazine groups is 1. The summed E-state index contributed by atoms with van der Waals surface area (Å²) in [6.07, 6.45) is 0. The fraction of sp³-hybridized carbons (Fsp3) is 1.00. The molecule has 56 valence electrons. The van der Waals surface area contributed by atoms with Gasteiger partial charge in [-0.15, -0.1) is 5.59 Å². The Labute approximate surface area is 55.3 Å². The van der Waals surface area contributed by atoms with Crippen molar-refractivity contribution in [3.8, 4) is 0 Å². The van der Waals surface area contributed by atoms with Crippen molar-refractivity contribution in [3.05, 3.63) is 0 Å². The maximum Gasteiger partial charge on any atom is 0.0588 e. The third-order valence-corrected chi connectivity index (χ3v) is 0.972. The molecule has 0 saturated carbocycles. The summed E-state index contributed by atoms with van der Waals surface area (Å²) in [7, 11) is 1.54. The molecular formula is C5H14N2O2. The Bertz CT molecular complexity index is 54.9. The van der Waals surface area contributed by atoms with E-state index in [2.05, 4.69) is 10.4 Å². The van der Waals surface area contributed by atoms with Gasteiger partial charge >= 0.3 is 0 Å². The molecule has 0 amide bonds. The van der Waals surface area contributed by atoms with Crippen LogP contribution in [0.4, 0.5) is 0 Å². The SMILES string of the molecule is CCN(CCO)NOC. The predicted octanol–water partition coefficient (Wildman–Crippen LogP) is -0.633. The predicted molar refractivity (Wildman–Crippen MR) is 34.5 cm³/mol. The first kappa shape index (κ1) is 8.84. The van der Waals surface area contributed by atoms with Crippen LogP contribution in [0.2, 0.25) is 0 Å². The van der Waals surface area contributed by atoms with Crippen LogP contribution in [0.15, 0.2) is 0 Å². The van der Waals surface area contributed by atoms with Crippen LogP contribution in [0, 0.1) is 0 Å². The summed E-state index contributed by atoms with van der Waals surface area (Å²) in [6.45, 7) is 3.52. The van der Waals surface area contributed by atoms with E-state index in [-0.39, 0.29) is 6.61 Å². The Hall–Kier alpha value is -0.160. The molecule has 0 bridgehead atoms. The number of hydrogen-bond donors (Lipinski definition) is 2. The van der Waals surface area contributed by atoms with Crippen molar-refractivity contribution in [2.24, 2.45) is 0 Å². The fourth-order valence-electron chi connectivity index (χ4n) is 0.518. The van der Waals surface area contributed by atoms with Gasteiger partial charge < -0.3 is 5.11 Å². The van der Waals surface area contributed by atoms with Crippen LogP contribution in [0.1, 0.15) is 6.92 Å². The van der Waals surface area contributed by atoms with Gasteiger partial charge in [-0.05, 0) is 0 Å². The lowest BCUT2D eigenvalue weighted by Crippen LogP contribution is -2.38. The highest BCUT2D eigenvalue weighted by Gasteiger charge is 1.96. The smallest absolute Gasteiger partial charge is 0.0588 e. The average molecular weight is 134 g/mol. The standard InChI is InChI=1S/C5H14N2O2/c1-3-7(4-5-8)6-9-2/h6,8H,3-5H2,1-2H3. The number of aliphatic hydroxyl groups is 1. The van der Waals surface area contributed by atoms with Gasteiger partial charge in [-0.1, -0.05) is 6.92 Å². The Morgan fingerprint density at radius 1 is 1.67 bits per heavy atom. The second kappa shape index (κ2) is 5.97. The average Bonchev–Trinajstić information content (AvgIpc) is 1.88. The molecule has 0 saturated heterocycles. The molecule has 0 atom stereocenters. The number of nitrogens with one attached hydrogen (secondary N) is 1. The number of rotatable bonds is 5. The van der Waals surface area contributed by atoms with E-state index in [4.69, 9.17) is 5.11 Å². The van der Waals surface area contributed by atoms with E-state index in [1.54, 1.807) is 12.1 Å². The minimum atomic E-state index is 0.143. The summed E-state index contributed by atoms with van der Waals surface area (Å²) in [5.41, 5.74) is 2.61. The summed E-state index contributed by atoms with van der Waals surface area (Å²) in [6, 6.07) is 0. The molecule has 0 aromatic rings. The van der Waals surface area contributed by atoms with Gasteiger partial charge in [0.15, 0.2) is 0 Å². The zero-order valence-corrected chi connectivity index (χ0v) is 5.92. The molecule has 0 radical (unpaired) electrons. The van der Waals surface area contributed by atoms with Gasteiger partial charge in [0.2, 0.25) is 0 Å². The topological polar surface area (TPSA) is 44.7 Å². The van der Waals surface area contributed by atoms with E-state index in [1.807, 2.05) is 6.92 Å². The molecule has 0 aliphatic rings. The molecule has 2 N–H and O–H groups in total. The van der Waals surface area contributed by atoms with Crippen molar-refractivity contribution in [1.82, 2.24) is 10.6 Å². The molecule has 0 spiro atoms. The molecule has 0 heterocycles. The van der Waals surface area contributed by atoms with Crippen LogP contribution in [-0.4, -0.2) is 36.9 Å². The molecule has 0 unspecified atom stereocenters. The van der Waals surface area contributed by atoms with Crippen LogP contribution in [0.3, 0.4) is 0 Å². The molecule has 4 heteroatoms. The monoisotopic (exact) mass is 134 g/mol. The molecule has 9 heavy (non-hydrogen) atoms. The van der Waals surface area contributed by atoms with Crippen LogP contribution >= 0.6 is 0 Å². The first-order chi connectivity index (χ1) is 4.35. The van der Waals surface area contributed by atoms with Crippen molar-refractivity contribution in [3.63, 3.8) is 0 Å². The zero-order chi connectivity index (χ0) is 7.11. The second-order valence-corrected chi connectivity index (χ2v) is 1.60. The molecule has 0 aliphatic carbocycles. The van der Waals surface area contributed by atoms with Gasteiger partial charge in [-0.2, -0.15) is 0 Å².